The van der Waals surface area contributed by atoms with Crippen LogP contribution in [0.2, 0.25) is 0 Å². The Labute approximate surface area is 268 Å². The number of amides is 1. The average Bonchev–Trinajstić information content (AvgIpc) is 3.01. The number of hydrogen-bond acceptors (Lipinski definition) is 4. The summed E-state index contributed by atoms with van der Waals surface area (Å²) in [6.45, 7) is 4.15. The fourth-order valence-electron chi connectivity index (χ4n) is 5.87. The van der Waals surface area contributed by atoms with Crippen LogP contribution in [0.4, 0.5) is 0 Å². The predicted molar refractivity (Wildman–Crippen MR) is 185 cm³/mol. The van der Waals surface area contributed by atoms with Crippen LogP contribution >= 0.6 is 0 Å². The third-order valence-electron chi connectivity index (χ3n) is 8.87. The van der Waals surface area contributed by atoms with Gasteiger partial charge >= 0.3 is 0 Å². The van der Waals surface area contributed by atoms with E-state index in [4.69, 9.17) is 0 Å². The molecule has 5 heteroatoms. The van der Waals surface area contributed by atoms with Gasteiger partial charge in [0.25, 0.3) is 0 Å². The number of rotatable bonds is 34. The average molecular weight is 610 g/mol. The molecule has 5 nitrogen and oxygen atoms in total. The van der Waals surface area contributed by atoms with Crippen molar-refractivity contribution in [2.75, 3.05) is 6.61 Å². The lowest BCUT2D eigenvalue weighted by Crippen LogP contribution is -2.50. The largest absolute Gasteiger partial charge is 0.394 e. The Morgan fingerprint density at radius 1 is 0.558 bits per heavy atom. The SMILES string of the molecule is CCCCCCCCCC=CCCCC(O)C(O)C(CO)NC(=O)CCCCCCCCCCCCCCCCCCC. The molecule has 0 rings (SSSR count). The molecule has 3 atom stereocenters. The first kappa shape index (κ1) is 42.1. The quantitative estimate of drug-likeness (QED) is 0.0432. The van der Waals surface area contributed by atoms with Crippen molar-refractivity contribution in [3.05, 3.63) is 12.2 Å². The summed E-state index contributed by atoms with van der Waals surface area (Å²) in [6.07, 6.45) is 37.3. The van der Waals surface area contributed by atoms with Crippen molar-refractivity contribution >= 4 is 5.91 Å². The summed E-state index contributed by atoms with van der Waals surface area (Å²) in [5, 5.41) is 33.3. The summed E-state index contributed by atoms with van der Waals surface area (Å²) in [5.74, 6) is -0.153. The second-order valence-electron chi connectivity index (χ2n) is 13.1. The highest BCUT2D eigenvalue weighted by atomic mass is 16.3. The Morgan fingerprint density at radius 2 is 0.930 bits per heavy atom. The minimum Gasteiger partial charge on any atom is -0.394 e. The third-order valence-corrected chi connectivity index (χ3v) is 8.87. The molecule has 0 aromatic carbocycles. The number of aliphatic hydroxyl groups is 3. The Kier molecular flexibility index (Phi) is 33.3. The van der Waals surface area contributed by atoms with Crippen molar-refractivity contribution in [2.45, 2.75) is 218 Å². The minimum absolute atomic E-state index is 0.153. The van der Waals surface area contributed by atoms with Crippen LogP contribution in [0.1, 0.15) is 200 Å². The summed E-state index contributed by atoms with van der Waals surface area (Å²) in [5.41, 5.74) is 0. The van der Waals surface area contributed by atoms with E-state index in [2.05, 4.69) is 31.3 Å². The maximum Gasteiger partial charge on any atom is 0.220 e. The van der Waals surface area contributed by atoms with E-state index < -0.39 is 18.2 Å². The van der Waals surface area contributed by atoms with Gasteiger partial charge in [0.1, 0.15) is 6.10 Å². The van der Waals surface area contributed by atoms with Crippen molar-refractivity contribution in [1.29, 1.82) is 0 Å². The van der Waals surface area contributed by atoms with Gasteiger partial charge < -0.3 is 20.6 Å². The Hall–Kier alpha value is -0.910. The van der Waals surface area contributed by atoms with Gasteiger partial charge in [-0.2, -0.15) is 0 Å². The van der Waals surface area contributed by atoms with Gasteiger partial charge in [-0.05, 0) is 38.5 Å². The number of allylic oxidation sites excluding steroid dienone is 2. The van der Waals surface area contributed by atoms with Gasteiger partial charge in [-0.15, -0.1) is 0 Å². The van der Waals surface area contributed by atoms with Gasteiger partial charge in [0.05, 0.1) is 18.8 Å². The summed E-state index contributed by atoms with van der Waals surface area (Å²) in [6, 6.07) is -0.818. The van der Waals surface area contributed by atoms with Gasteiger partial charge in [-0.25, -0.2) is 0 Å². The standard InChI is InChI=1S/C38H75NO4/c1-3-5-7-9-11-13-15-17-18-19-20-21-23-25-27-29-31-33-37(42)39-35(34-40)38(43)36(41)32-30-28-26-24-22-16-14-12-10-8-6-4-2/h24,26,35-36,38,40-41,43H,3-23,25,27-34H2,1-2H3,(H,39,42). The van der Waals surface area contributed by atoms with E-state index in [1.54, 1.807) is 0 Å². The molecule has 1 amide bonds. The molecule has 0 spiro atoms. The summed E-state index contributed by atoms with van der Waals surface area (Å²) < 4.78 is 0. The molecule has 0 saturated heterocycles. The first-order valence-electron chi connectivity index (χ1n) is 19.0. The first-order chi connectivity index (χ1) is 21.1. The molecule has 0 aliphatic heterocycles. The number of aliphatic hydroxyl groups excluding tert-OH is 3. The lowest BCUT2D eigenvalue weighted by Gasteiger charge is -2.26. The monoisotopic (exact) mass is 610 g/mol. The zero-order valence-corrected chi connectivity index (χ0v) is 28.8. The Bertz CT molecular complexity index is 596. The molecule has 0 saturated carbocycles. The maximum atomic E-state index is 12.3. The van der Waals surface area contributed by atoms with Crippen molar-refractivity contribution in [2.24, 2.45) is 0 Å². The molecule has 256 valence electrons. The van der Waals surface area contributed by atoms with Crippen molar-refractivity contribution < 1.29 is 20.1 Å². The number of carbonyl (C=O) groups is 1. The number of nitrogens with one attached hydrogen (secondary N) is 1. The highest BCUT2D eigenvalue weighted by Crippen LogP contribution is 2.15. The zero-order valence-electron chi connectivity index (χ0n) is 28.8. The van der Waals surface area contributed by atoms with Crippen LogP contribution in [0.3, 0.4) is 0 Å². The summed E-state index contributed by atoms with van der Waals surface area (Å²) in [4.78, 5) is 12.3. The molecule has 43 heavy (non-hydrogen) atoms. The van der Waals surface area contributed by atoms with Gasteiger partial charge in [-0.1, -0.05) is 167 Å². The molecular weight excluding hydrogens is 534 g/mol. The summed E-state index contributed by atoms with van der Waals surface area (Å²) in [7, 11) is 0. The predicted octanol–water partition coefficient (Wildman–Crippen LogP) is 10.1. The molecule has 4 N–H and O–H groups in total. The maximum absolute atomic E-state index is 12.3. The first-order valence-corrected chi connectivity index (χ1v) is 19.0. The lowest BCUT2D eigenvalue weighted by molar-refractivity contribution is -0.124. The van der Waals surface area contributed by atoms with Gasteiger partial charge in [0.15, 0.2) is 0 Å². The number of unbranched alkanes of at least 4 members (excludes halogenated alkanes) is 24. The molecule has 0 aromatic heterocycles. The van der Waals surface area contributed by atoms with E-state index in [-0.39, 0.29) is 12.5 Å². The van der Waals surface area contributed by atoms with E-state index in [0.717, 1.165) is 38.5 Å². The summed E-state index contributed by atoms with van der Waals surface area (Å²) >= 11 is 0. The third kappa shape index (κ3) is 29.6. The number of hydrogen-bond donors (Lipinski definition) is 4. The lowest BCUT2D eigenvalue weighted by atomic mass is 10.0. The van der Waals surface area contributed by atoms with E-state index in [9.17, 15) is 20.1 Å². The molecule has 0 aromatic rings. The molecule has 0 heterocycles. The smallest absolute Gasteiger partial charge is 0.220 e. The molecule has 3 unspecified atom stereocenters. The van der Waals surface area contributed by atoms with Crippen LogP contribution in [-0.4, -0.2) is 46.1 Å². The van der Waals surface area contributed by atoms with Crippen LogP contribution < -0.4 is 5.32 Å². The Morgan fingerprint density at radius 3 is 1.35 bits per heavy atom. The van der Waals surface area contributed by atoms with Gasteiger partial charge in [0, 0.05) is 6.42 Å². The highest BCUT2D eigenvalue weighted by molar-refractivity contribution is 5.76. The van der Waals surface area contributed by atoms with Crippen LogP contribution in [0.5, 0.6) is 0 Å². The zero-order chi connectivity index (χ0) is 31.6. The fraction of sp³-hybridized carbons (Fsp3) is 0.921. The van der Waals surface area contributed by atoms with Crippen LogP contribution in [0.25, 0.3) is 0 Å². The topological polar surface area (TPSA) is 89.8 Å². The number of carbonyl (C=O) groups excluding carboxylic acids is 1. The van der Waals surface area contributed by atoms with Crippen molar-refractivity contribution in [3.63, 3.8) is 0 Å². The second kappa shape index (κ2) is 34.0. The van der Waals surface area contributed by atoms with Crippen LogP contribution in [0.15, 0.2) is 12.2 Å². The molecular formula is C38H75NO4. The van der Waals surface area contributed by atoms with Gasteiger partial charge in [-0.3, -0.25) is 4.79 Å². The highest BCUT2D eigenvalue weighted by Gasteiger charge is 2.26. The molecule has 0 fully saturated rings. The normalized spacial score (nSPS) is 13.9. The van der Waals surface area contributed by atoms with Crippen molar-refractivity contribution in [1.82, 2.24) is 5.32 Å². The van der Waals surface area contributed by atoms with E-state index in [0.29, 0.717) is 12.8 Å². The van der Waals surface area contributed by atoms with Crippen molar-refractivity contribution in [3.8, 4) is 0 Å². The molecule has 0 bridgehead atoms. The fourth-order valence-corrected chi connectivity index (χ4v) is 5.87. The van der Waals surface area contributed by atoms with Crippen LogP contribution in [-0.2, 0) is 4.79 Å². The molecule has 0 radical (unpaired) electrons. The Balaban J connectivity index is 3.68. The van der Waals surface area contributed by atoms with E-state index in [1.165, 1.54) is 135 Å². The second-order valence-corrected chi connectivity index (χ2v) is 13.1. The molecule has 0 aliphatic carbocycles. The van der Waals surface area contributed by atoms with E-state index >= 15 is 0 Å². The van der Waals surface area contributed by atoms with Gasteiger partial charge in [0.2, 0.25) is 5.91 Å². The van der Waals surface area contributed by atoms with E-state index in [1.807, 2.05) is 0 Å². The minimum atomic E-state index is -1.15. The van der Waals surface area contributed by atoms with Crippen LogP contribution in [0, 0.1) is 0 Å². The molecule has 0 aliphatic rings.